The van der Waals surface area contributed by atoms with Crippen LogP contribution in [0.1, 0.15) is 17.3 Å². The summed E-state index contributed by atoms with van der Waals surface area (Å²) >= 11 is 1.44. The van der Waals surface area contributed by atoms with Crippen LogP contribution in [0.25, 0.3) is 11.3 Å². The van der Waals surface area contributed by atoms with Crippen LogP contribution in [0.15, 0.2) is 47.8 Å². The Morgan fingerprint density at radius 3 is 2.71 bits per heavy atom. The number of rotatable bonds is 4. The van der Waals surface area contributed by atoms with Crippen molar-refractivity contribution in [1.29, 1.82) is 0 Å². The van der Waals surface area contributed by atoms with Gasteiger partial charge in [-0.15, -0.1) is 11.3 Å². The summed E-state index contributed by atoms with van der Waals surface area (Å²) in [7, 11) is 1.73. The van der Waals surface area contributed by atoms with Crippen LogP contribution in [-0.4, -0.2) is 35.1 Å². The van der Waals surface area contributed by atoms with Crippen molar-refractivity contribution in [2.24, 2.45) is 0 Å². The first-order valence-corrected chi connectivity index (χ1v) is 9.45. The second kappa shape index (κ2) is 6.97. The normalized spacial score (nSPS) is 15.7. The van der Waals surface area contributed by atoms with E-state index in [-0.39, 0.29) is 11.5 Å². The summed E-state index contributed by atoms with van der Waals surface area (Å²) in [5.41, 5.74) is 3.35. The van der Waals surface area contributed by atoms with Crippen molar-refractivity contribution in [3.63, 3.8) is 0 Å². The van der Waals surface area contributed by atoms with Gasteiger partial charge in [0.15, 0.2) is 11.2 Å². The zero-order chi connectivity index (χ0) is 19.8. The lowest BCUT2D eigenvalue weighted by Gasteiger charge is -2.30. The molecule has 0 fully saturated rings. The third-order valence-corrected chi connectivity index (χ3v) is 5.24. The van der Waals surface area contributed by atoms with E-state index in [4.69, 9.17) is 9.84 Å². The number of anilines is 3. The Hall–Kier alpha value is -3.39. The number of benzene rings is 2. The third kappa shape index (κ3) is 3.29. The van der Waals surface area contributed by atoms with Gasteiger partial charge in [0.1, 0.15) is 5.75 Å². The quantitative estimate of drug-likeness (QED) is 0.694. The van der Waals surface area contributed by atoms with Gasteiger partial charge in [0.2, 0.25) is 0 Å². The van der Waals surface area contributed by atoms with Crippen LogP contribution in [0.3, 0.4) is 0 Å². The SMILES string of the molecule is CC1Oc2ccc(-c3csc(Nc4ccc(C(=O)O)cc4)n3)cc2N(C)C1=O. The number of hydrogen-bond donors (Lipinski definition) is 2. The predicted octanol–water partition coefficient (Wildman–Crippen LogP) is 4.00. The minimum absolute atomic E-state index is 0.0879. The third-order valence-electron chi connectivity index (χ3n) is 4.49. The molecule has 4 rings (SSSR count). The highest BCUT2D eigenvalue weighted by Crippen LogP contribution is 2.37. The number of carboxylic acids is 1. The van der Waals surface area contributed by atoms with Crippen LogP contribution in [-0.2, 0) is 4.79 Å². The van der Waals surface area contributed by atoms with Gasteiger partial charge < -0.3 is 20.1 Å². The Kier molecular flexibility index (Phi) is 4.48. The molecule has 0 spiro atoms. The second-order valence-corrected chi connectivity index (χ2v) is 7.24. The van der Waals surface area contributed by atoms with Gasteiger partial charge in [0, 0.05) is 23.7 Å². The first-order chi connectivity index (χ1) is 13.4. The fourth-order valence-electron chi connectivity index (χ4n) is 2.95. The van der Waals surface area contributed by atoms with Gasteiger partial charge >= 0.3 is 5.97 Å². The van der Waals surface area contributed by atoms with Crippen molar-refractivity contribution in [3.8, 4) is 17.0 Å². The van der Waals surface area contributed by atoms with E-state index in [2.05, 4.69) is 10.3 Å². The number of aromatic carboxylic acids is 1. The van der Waals surface area contributed by atoms with E-state index in [0.717, 1.165) is 16.9 Å². The number of carbonyl (C=O) groups excluding carboxylic acids is 1. The number of hydrogen-bond acceptors (Lipinski definition) is 6. The van der Waals surface area contributed by atoms with Crippen molar-refractivity contribution in [1.82, 2.24) is 4.98 Å². The molecule has 0 saturated carbocycles. The lowest BCUT2D eigenvalue weighted by Crippen LogP contribution is -2.41. The van der Waals surface area contributed by atoms with Gasteiger partial charge in [-0.25, -0.2) is 9.78 Å². The van der Waals surface area contributed by atoms with E-state index in [0.29, 0.717) is 16.6 Å². The molecule has 2 N–H and O–H groups in total. The number of likely N-dealkylation sites (N-methyl/N-ethyl adjacent to an activating group) is 1. The largest absolute Gasteiger partial charge is 0.479 e. The van der Waals surface area contributed by atoms with Crippen molar-refractivity contribution in [2.75, 3.05) is 17.3 Å². The van der Waals surface area contributed by atoms with Gasteiger partial charge in [-0.3, -0.25) is 4.79 Å². The van der Waals surface area contributed by atoms with Gasteiger partial charge in [0.05, 0.1) is 16.9 Å². The summed E-state index contributed by atoms with van der Waals surface area (Å²) in [4.78, 5) is 29.3. The highest BCUT2D eigenvalue weighted by atomic mass is 32.1. The molecular weight excluding hydrogens is 378 g/mol. The lowest BCUT2D eigenvalue weighted by atomic mass is 10.1. The molecule has 0 saturated heterocycles. The monoisotopic (exact) mass is 395 g/mol. The Morgan fingerprint density at radius 2 is 2.00 bits per heavy atom. The number of ether oxygens (including phenoxy) is 1. The number of amides is 1. The molecule has 0 radical (unpaired) electrons. The molecule has 7 nitrogen and oxygen atoms in total. The fraction of sp³-hybridized carbons (Fsp3) is 0.150. The van der Waals surface area contributed by atoms with Crippen molar-refractivity contribution >= 4 is 39.7 Å². The Labute approximate surface area is 165 Å². The number of carboxylic acid groups (broad SMARTS) is 1. The van der Waals surface area contributed by atoms with Crippen LogP contribution in [0.4, 0.5) is 16.5 Å². The maximum Gasteiger partial charge on any atom is 0.335 e. The van der Waals surface area contributed by atoms with E-state index in [1.54, 1.807) is 31.0 Å². The molecule has 2 heterocycles. The van der Waals surface area contributed by atoms with E-state index in [9.17, 15) is 9.59 Å². The molecule has 142 valence electrons. The molecule has 28 heavy (non-hydrogen) atoms. The second-order valence-electron chi connectivity index (χ2n) is 6.39. The molecule has 1 aliphatic rings. The van der Waals surface area contributed by atoms with Gasteiger partial charge in [0.25, 0.3) is 5.91 Å². The van der Waals surface area contributed by atoms with E-state index < -0.39 is 12.1 Å². The molecule has 1 aliphatic heterocycles. The number of carbonyl (C=O) groups is 2. The highest BCUT2D eigenvalue weighted by molar-refractivity contribution is 7.14. The van der Waals surface area contributed by atoms with Crippen LogP contribution in [0.5, 0.6) is 5.75 Å². The Bertz CT molecular complexity index is 1060. The highest BCUT2D eigenvalue weighted by Gasteiger charge is 2.29. The molecule has 2 aromatic carbocycles. The molecule has 0 aliphatic carbocycles. The fourth-order valence-corrected chi connectivity index (χ4v) is 3.69. The van der Waals surface area contributed by atoms with E-state index in [1.807, 2.05) is 23.6 Å². The smallest absolute Gasteiger partial charge is 0.335 e. The number of nitrogens with one attached hydrogen (secondary N) is 1. The van der Waals surface area contributed by atoms with Crippen LogP contribution in [0.2, 0.25) is 0 Å². The van der Waals surface area contributed by atoms with Crippen molar-refractivity contribution < 1.29 is 19.4 Å². The maximum absolute atomic E-state index is 12.1. The molecule has 1 amide bonds. The van der Waals surface area contributed by atoms with Crippen LogP contribution in [0, 0.1) is 0 Å². The Balaban J connectivity index is 1.56. The summed E-state index contributed by atoms with van der Waals surface area (Å²) in [6.07, 6.45) is -0.494. The number of aromatic nitrogens is 1. The number of fused-ring (bicyclic) bond motifs is 1. The zero-order valence-electron chi connectivity index (χ0n) is 15.2. The molecule has 8 heteroatoms. The predicted molar refractivity (Wildman–Crippen MR) is 108 cm³/mol. The first-order valence-electron chi connectivity index (χ1n) is 8.57. The van der Waals surface area contributed by atoms with E-state index >= 15 is 0 Å². The molecule has 0 bridgehead atoms. The zero-order valence-corrected chi connectivity index (χ0v) is 16.0. The average Bonchev–Trinajstić information content (AvgIpc) is 3.15. The summed E-state index contributed by atoms with van der Waals surface area (Å²) in [5, 5.41) is 14.7. The average molecular weight is 395 g/mol. The molecule has 1 atom stereocenters. The van der Waals surface area contributed by atoms with Gasteiger partial charge in [-0.2, -0.15) is 0 Å². The summed E-state index contributed by atoms with van der Waals surface area (Å²) < 4.78 is 5.65. The first kappa shape index (κ1) is 18.0. The number of thiazole rings is 1. The maximum atomic E-state index is 12.1. The summed E-state index contributed by atoms with van der Waals surface area (Å²) in [6.45, 7) is 1.73. The number of nitrogens with zero attached hydrogens (tertiary/aromatic N) is 2. The Morgan fingerprint density at radius 1 is 1.25 bits per heavy atom. The lowest BCUT2D eigenvalue weighted by molar-refractivity contribution is -0.125. The van der Waals surface area contributed by atoms with Crippen molar-refractivity contribution in [3.05, 3.63) is 53.4 Å². The molecule has 1 unspecified atom stereocenters. The van der Waals surface area contributed by atoms with Crippen LogP contribution < -0.4 is 15.0 Å². The molecular formula is C20H17N3O4S. The minimum Gasteiger partial charge on any atom is -0.479 e. The van der Waals surface area contributed by atoms with Gasteiger partial charge in [-0.1, -0.05) is 0 Å². The standard InChI is InChI=1S/C20H17N3O4S/c1-11-18(24)23(2)16-9-13(5-8-17(16)27-11)15-10-28-20(22-15)21-14-6-3-12(4-7-14)19(25)26/h3-11H,1-2H3,(H,21,22)(H,25,26). The topological polar surface area (TPSA) is 91.8 Å². The van der Waals surface area contributed by atoms with E-state index in [1.165, 1.54) is 23.5 Å². The van der Waals surface area contributed by atoms with Gasteiger partial charge in [-0.05, 0) is 49.4 Å². The molecule has 1 aromatic heterocycles. The minimum atomic E-state index is -0.961. The van der Waals surface area contributed by atoms with Crippen molar-refractivity contribution in [2.45, 2.75) is 13.0 Å². The molecule has 3 aromatic rings. The van der Waals surface area contributed by atoms with Crippen LogP contribution >= 0.6 is 11.3 Å². The summed E-state index contributed by atoms with van der Waals surface area (Å²) in [5.74, 6) is -0.377. The summed E-state index contributed by atoms with van der Waals surface area (Å²) in [6, 6.07) is 12.1.